The predicted molar refractivity (Wildman–Crippen MR) is 74.7 cm³/mol. The molecule has 2 fully saturated rings. The highest BCUT2D eigenvalue weighted by Crippen LogP contribution is 2.28. The third-order valence-electron chi connectivity index (χ3n) is 3.99. The van der Waals surface area contributed by atoms with Crippen LogP contribution in [0.3, 0.4) is 0 Å². The molecule has 1 aromatic rings. The highest BCUT2D eigenvalue weighted by molar-refractivity contribution is 5.37. The van der Waals surface area contributed by atoms with E-state index in [-0.39, 0.29) is 0 Å². The first-order valence-corrected chi connectivity index (χ1v) is 7.23. The van der Waals surface area contributed by atoms with E-state index in [1.165, 1.54) is 12.8 Å². The number of aromatic nitrogens is 2. The lowest BCUT2D eigenvalue weighted by Gasteiger charge is -2.24. The van der Waals surface area contributed by atoms with Gasteiger partial charge in [-0.25, -0.2) is 4.98 Å². The predicted octanol–water partition coefficient (Wildman–Crippen LogP) is 1.37. The Labute approximate surface area is 114 Å². The highest BCUT2D eigenvalue weighted by Gasteiger charge is 2.35. The van der Waals surface area contributed by atoms with E-state index in [1.807, 2.05) is 19.9 Å². The van der Waals surface area contributed by atoms with Gasteiger partial charge >= 0.3 is 0 Å². The summed E-state index contributed by atoms with van der Waals surface area (Å²) in [5, 5.41) is 3.61. The van der Waals surface area contributed by atoms with Gasteiger partial charge in [-0.15, -0.1) is 0 Å². The number of piperidine rings is 1. The fraction of sp³-hybridized carbons (Fsp3) is 0.714. The van der Waals surface area contributed by atoms with Crippen LogP contribution < -0.4 is 15.0 Å². The van der Waals surface area contributed by atoms with Crippen LogP contribution in [-0.2, 0) is 0 Å². The molecular weight excluding hydrogens is 240 g/mol. The maximum Gasteiger partial charge on any atom is 0.228 e. The summed E-state index contributed by atoms with van der Waals surface area (Å²) >= 11 is 0. The second-order valence-electron chi connectivity index (χ2n) is 5.45. The normalized spacial score (nSPS) is 26.3. The molecule has 5 heteroatoms. The summed E-state index contributed by atoms with van der Waals surface area (Å²) in [5.74, 6) is 2.25. The number of fused-ring (bicyclic) bond motifs is 1. The Balaban J connectivity index is 1.78. The largest absolute Gasteiger partial charge is 0.478 e. The number of ether oxygens (including phenoxy) is 1. The van der Waals surface area contributed by atoms with Crippen molar-refractivity contribution in [1.29, 1.82) is 0 Å². The van der Waals surface area contributed by atoms with Crippen LogP contribution in [0.2, 0.25) is 0 Å². The quantitative estimate of drug-likeness (QED) is 0.891. The van der Waals surface area contributed by atoms with Gasteiger partial charge in [0.1, 0.15) is 0 Å². The average Bonchev–Trinajstić information content (AvgIpc) is 2.82. The maximum absolute atomic E-state index is 5.51. The Morgan fingerprint density at radius 2 is 2.32 bits per heavy atom. The zero-order chi connectivity index (χ0) is 13.2. The fourth-order valence-electron chi connectivity index (χ4n) is 3.10. The van der Waals surface area contributed by atoms with Crippen LogP contribution in [0, 0.1) is 12.8 Å². The van der Waals surface area contributed by atoms with Crippen molar-refractivity contribution in [2.24, 2.45) is 5.92 Å². The highest BCUT2D eigenvalue weighted by atomic mass is 16.5. The summed E-state index contributed by atoms with van der Waals surface area (Å²) in [6, 6.07) is 2.50. The standard InChI is InChI=1S/C14H22N4O/c1-3-19-13-7-10(2)16-14(17-13)18-8-11-5-4-6-15-12(11)9-18/h7,11-12,15H,3-6,8-9H2,1-2H3. The summed E-state index contributed by atoms with van der Waals surface area (Å²) in [6.45, 7) is 7.84. The Bertz CT molecular complexity index is 437. The molecule has 0 aromatic carbocycles. The Hall–Kier alpha value is -1.36. The molecule has 0 aliphatic carbocycles. The average molecular weight is 262 g/mol. The van der Waals surface area contributed by atoms with E-state index in [4.69, 9.17) is 4.74 Å². The lowest BCUT2D eigenvalue weighted by molar-refractivity contribution is 0.326. The van der Waals surface area contributed by atoms with E-state index >= 15 is 0 Å². The molecule has 3 rings (SSSR count). The van der Waals surface area contributed by atoms with Crippen molar-refractivity contribution in [1.82, 2.24) is 15.3 Å². The van der Waals surface area contributed by atoms with Crippen LogP contribution in [0.4, 0.5) is 5.95 Å². The number of nitrogens with zero attached hydrogens (tertiary/aromatic N) is 3. The number of hydrogen-bond donors (Lipinski definition) is 1. The van der Waals surface area contributed by atoms with Gasteiger partial charge in [-0.3, -0.25) is 0 Å². The van der Waals surface area contributed by atoms with Gasteiger partial charge in [-0.2, -0.15) is 4.98 Å². The molecule has 2 unspecified atom stereocenters. The zero-order valence-electron chi connectivity index (χ0n) is 11.7. The number of anilines is 1. The lowest BCUT2D eigenvalue weighted by Crippen LogP contribution is -2.40. The minimum atomic E-state index is 0.605. The third kappa shape index (κ3) is 2.66. The topological polar surface area (TPSA) is 50.3 Å². The van der Waals surface area contributed by atoms with E-state index in [9.17, 15) is 0 Å². The van der Waals surface area contributed by atoms with Crippen LogP contribution in [0.1, 0.15) is 25.5 Å². The maximum atomic E-state index is 5.51. The molecule has 1 N–H and O–H groups in total. The van der Waals surface area contributed by atoms with Gasteiger partial charge in [0.25, 0.3) is 0 Å². The molecule has 2 aliphatic rings. The monoisotopic (exact) mass is 262 g/mol. The van der Waals surface area contributed by atoms with E-state index in [2.05, 4.69) is 20.2 Å². The Morgan fingerprint density at radius 3 is 3.11 bits per heavy atom. The van der Waals surface area contributed by atoms with Crippen LogP contribution in [0.15, 0.2) is 6.07 Å². The van der Waals surface area contributed by atoms with Crippen LogP contribution in [0.5, 0.6) is 5.88 Å². The van der Waals surface area contributed by atoms with E-state index in [0.717, 1.165) is 37.2 Å². The molecule has 104 valence electrons. The van der Waals surface area contributed by atoms with Crippen LogP contribution in [0.25, 0.3) is 0 Å². The van der Waals surface area contributed by atoms with Crippen molar-refractivity contribution in [2.75, 3.05) is 31.1 Å². The molecule has 0 amide bonds. The first kappa shape index (κ1) is 12.7. The molecule has 0 spiro atoms. The molecule has 2 atom stereocenters. The number of rotatable bonds is 3. The summed E-state index contributed by atoms with van der Waals surface area (Å²) in [4.78, 5) is 11.4. The Kier molecular flexibility index (Phi) is 3.55. The van der Waals surface area contributed by atoms with E-state index in [1.54, 1.807) is 0 Å². The van der Waals surface area contributed by atoms with Crippen LogP contribution in [-0.4, -0.2) is 42.3 Å². The van der Waals surface area contributed by atoms with Gasteiger partial charge < -0.3 is 15.0 Å². The molecule has 19 heavy (non-hydrogen) atoms. The molecule has 2 aliphatic heterocycles. The van der Waals surface area contributed by atoms with Gasteiger partial charge in [0.15, 0.2) is 0 Å². The minimum Gasteiger partial charge on any atom is -0.478 e. The fourth-order valence-corrected chi connectivity index (χ4v) is 3.10. The van der Waals surface area contributed by atoms with Crippen molar-refractivity contribution in [3.05, 3.63) is 11.8 Å². The number of aryl methyl sites for hydroxylation is 1. The smallest absolute Gasteiger partial charge is 0.228 e. The lowest BCUT2D eigenvalue weighted by atomic mass is 9.94. The van der Waals surface area contributed by atoms with Crippen molar-refractivity contribution < 1.29 is 4.74 Å². The van der Waals surface area contributed by atoms with Crippen molar-refractivity contribution in [2.45, 2.75) is 32.7 Å². The second-order valence-corrected chi connectivity index (χ2v) is 5.45. The molecule has 0 radical (unpaired) electrons. The van der Waals surface area contributed by atoms with E-state index in [0.29, 0.717) is 18.5 Å². The third-order valence-corrected chi connectivity index (χ3v) is 3.99. The number of hydrogen-bond acceptors (Lipinski definition) is 5. The summed E-state index contributed by atoms with van der Waals surface area (Å²) in [5.41, 5.74) is 0.969. The van der Waals surface area contributed by atoms with Crippen LogP contribution >= 0.6 is 0 Å². The molecule has 1 aromatic heterocycles. The van der Waals surface area contributed by atoms with Gasteiger partial charge in [-0.1, -0.05) is 0 Å². The first-order valence-electron chi connectivity index (χ1n) is 7.23. The van der Waals surface area contributed by atoms with Crippen molar-refractivity contribution >= 4 is 5.95 Å². The molecule has 0 saturated carbocycles. The summed E-state index contributed by atoms with van der Waals surface area (Å²) < 4.78 is 5.51. The van der Waals surface area contributed by atoms with E-state index < -0.39 is 0 Å². The zero-order valence-corrected chi connectivity index (χ0v) is 11.7. The summed E-state index contributed by atoms with van der Waals surface area (Å²) in [7, 11) is 0. The van der Waals surface area contributed by atoms with Gasteiger partial charge in [0.2, 0.25) is 11.8 Å². The molecule has 2 saturated heterocycles. The molecule has 5 nitrogen and oxygen atoms in total. The second kappa shape index (κ2) is 5.33. The minimum absolute atomic E-state index is 0.605. The molecular formula is C14H22N4O. The summed E-state index contributed by atoms with van der Waals surface area (Å²) in [6.07, 6.45) is 2.60. The SMILES string of the molecule is CCOc1cc(C)nc(N2CC3CCCNC3C2)n1. The van der Waals surface area contributed by atoms with Gasteiger partial charge in [0, 0.05) is 30.9 Å². The molecule has 3 heterocycles. The Morgan fingerprint density at radius 1 is 1.42 bits per heavy atom. The number of nitrogens with one attached hydrogen (secondary N) is 1. The van der Waals surface area contributed by atoms with Crippen molar-refractivity contribution in [3.63, 3.8) is 0 Å². The van der Waals surface area contributed by atoms with Gasteiger partial charge in [-0.05, 0) is 39.2 Å². The van der Waals surface area contributed by atoms with Crippen molar-refractivity contribution in [3.8, 4) is 5.88 Å². The van der Waals surface area contributed by atoms with Gasteiger partial charge in [0.05, 0.1) is 6.61 Å². The first-order chi connectivity index (χ1) is 9.26. The molecule has 0 bridgehead atoms.